The monoisotopic (exact) mass is 877 g/mol. The van der Waals surface area contributed by atoms with Gasteiger partial charge in [0, 0.05) is 39.5 Å². The minimum Gasteiger partial charge on any atom is -0.872 e. The van der Waals surface area contributed by atoms with Crippen molar-refractivity contribution in [3.63, 3.8) is 0 Å². The van der Waals surface area contributed by atoms with Crippen LogP contribution in [0.2, 0.25) is 0 Å². The summed E-state index contributed by atoms with van der Waals surface area (Å²) in [6.45, 7) is 38.3. The minimum atomic E-state index is -0.229. The van der Waals surface area contributed by atoms with Gasteiger partial charge in [0.25, 0.3) is 0 Å². The van der Waals surface area contributed by atoms with Crippen molar-refractivity contribution in [2.24, 2.45) is 0 Å². The fourth-order valence-corrected chi connectivity index (χ4v) is 5.98. The zero-order valence-electron chi connectivity index (χ0n) is 36.4. The van der Waals surface area contributed by atoms with Gasteiger partial charge in [-0.05, 0) is 93.7 Å². The fourth-order valence-electron chi connectivity index (χ4n) is 5.98. The number of hydrogen-bond acceptors (Lipinski definition) is 5. The van der Waals surface area contributed by atoms with Crippen LogP contribution in [0.3, 0.4) is 0 Å². The topological polar surface area (TPSA) is 67.8 Å². The van der Waals surface area contributed by atoms with Gasteiger partial charge in [-0.25, -0.2) is 0 Å². The molecule has 2 aromatic carbocycles. The molecule has 0 aliphatic carbocycles. The molecule has 0 aromatic heterocycles. The summed E-state index contributed by atoms with van der Waals surface area (Å²) >= 11 is 0. The van der Waals surface area contributed by atoms with Crippen LogP contribution in [-0.2, 0) is 44.2 Å². The minimum absolute atomic E-state index is 0. The van der Waals surface area contributed by atoms with E-state index in [-0.39, 0.29) is 82.0 Å². The largest absolute Gasteiger partial charge is 3.00 e. The molecule has 1 radical (unpaired) electrons. The fraction of sp³-hybridized carbons (Fsp3) is 0.739. The average molecular weight is 875 g/mol. The number of ether oxygens (including phenoxy) is 2. The number of nitrogens with zero attached hydrogens (tertiary/aromatic N) is 1. The Balaban J connectivity index is 0. The summed E-state index contributed by atoms with van der Waals surface area (Å²) in [6, 6.07) is 8.41. The van der Waals surface area contributed by atoms with Crippen LogP contribution >= 0.6 is 0 Å². The predicted octanol–water partition coefficient (Wildman–Crippen LogP) is 9.77. The van der Waals surface area contributed by atoms with Crippen molar-refractivity contribution in [1.82, 2.24) is 4.90 Å². The summed E-state index contributed by atoms with van der Waals surface area (Å²) in [4.78, 5) is 2.28. The third-order valence-corrected chi connectivity index (χ3v) is 9.37. The van der Waals surface area contributed by atoms with E-state index >= 15 is 0 Å². The molecule has 7 heteroatoms. The van der Waals surface area contributed by atoms with Crippen LogP contribution in [0.1, 0.15) is 189 Å². The molecule has 2 aromatic rings. The van der Waals surface area contributed by atoms with Crippen molar-refractivity contribution in [1.29, 1.82) is 0 Å². The van der Waals surface area contributed by atoms with Gasteiger partial charge in [0.15, 0.2) is 0 Å². The van der Waals surface area contributed by atoms with E-state index in [9.17, 15) is 10.2 Å². The number of rotatable bonds is 8. The first-order valence-corrected chi connectivity index (χ1v) is 20.1. The molecule has 0 saturated carbocycles. The van der Waals surface area contributed by atoms with Crippen LogP contribution in [0, 0.1) is 40.4 Å². The molecule has 0 bridgehead atoms. The molecule has 0 N–H and O–H groups in total. The molecule has 2 aliphatic heterocycles. The van der Waals surface area contributed by atoms with Crippen molar-refractivity contribution < 1.29 is 60.1 Å². The van der Waals surface area contributed by atoms with Crippen molar-refractivity contribution in [3.05, 3.63) is 57.6 Å². The Morgan fingerprint density at radius 1 is 0.528 bits per heavy atom. The first-order valence-electron chi connectivity index (χ1n) is 20.1. The Morgan fingerprint density at radius 2 is 0.849 bits per heavy atom. The molecule has 0 unspecified atom stereocenters. The SMILES string of the molecule is C1CCOC1.C1CCOC1.CCCCC.CCCN(Cc1cc(C(C)(C)C)cc(C(C)(C)C)c1[O-])Cc1cc(C(C)(C)C)cc(C(C)(C)C)c1[O-].[BH4-].[Sm+3]. The number of benzene rings is 2. The van der Waals surface area contributed by atoms with E-state index < -0.39 is 0 Å². The molecule has 53 heavy (non-hydrogen) atoms. The van der Waals surface area contributed by atoms with Gasteiger partial charge in [0.1, 0.15) is 0 Å². The predicted molar refractivity (Wildman–Crippen MR) is 228 cm³/mol. The molecule has 0 amide bonds. The third-order valence-electron chi connectivity index (χ3n) is 9.37. The van der Waals surface area contributed by atoms with Crippen molar-refractivity contribution in [3.8, 4) is 11.5 Å². The molecule has 0 atom stereocenters. The van der Waals surface area contributed by atoms with Crippen LogP contribution < -0.4 is 10.2 Å². The Labute approximate surface area is 362 Å². The van der Waals surface area contributed by atoms with Crippen LogP contribution in [0.25, 0.3) is 0 Å². The first-order chi connectivity index (χ1) is 23.6. The second kappa shape index (κ2) is 25.5. The molecule has 4 rings (SSSR count). The molecule has 2 fully saturated rings. The zero-order valence-corrected chi connectivity index (χ0v) is 39.0. The Bertz CT molecular complexity index is 1170. The van der Waals surface area contributed by atoms with Crippen LogP contribution in [-0.4, -0.2) is 46.3 Å². The van der Waals surface area contributed by atoms with Gasteiger partial charge in [-0.3, -0.25) is 4.90 Å². The quantitative estimate of drug-likeness (QED) is 0.247. The maximum atomic E-state index is 13.6. The van der Waals surface area contributed by atoms with Crippen LogP contribution in [0.4, 0.5) is 0 Å². The maximum absolute atomic E-state index is 13.6. The molecule has 5 nitrogen and oxygen atoms in total. The third kappa shape index (κ3) is 20.4. The second-order valence-corrected chi connectivity index (χ2v) is 18.7. The zero-order chi connectivity index (χ0) is 39.0. The molecule has 2 saturated heterocycles. The molecule has 0 spiro atoms. The Morgan fingerprint density at radius 3 is 1.04 bits per heavy atom. The molecular formula is C46H83BNO4Sm. The van der Waals surface area contributed by atoms with Gasteiger partial charge in [-0.2, -0.15) is 0 Å². The van der Waals surface area contributed by atoms with Gasteiger partial charge in [0.2, 0.25) is 0 Å². The van der Waals surface area contributed by atoms with E-state index in [1.165, 1.54) is 56.1 Å². The second-order valence-electron chi connectivity index (χ2n) is 18.7. The van der Waals surface area contributed by atoms with E-state index in [1.54, 1.807) is 0 Å². The van der Waals surface area contributed by atoms with E-state index in [2.05, 4.69) is 133 Å². The molecule has 2 aliphatic rings. The van der Waals surface area contributed by atoms with Gasteiger partial charge in [0.05, 0.1) is 0 Å². The Hall–Kier alpha value is -0.677. The normalized spacial score (nSPS) is 14.5. The van der Waals surface area contributed by atoms with Crippen molar-refractivity contribution >= 4 is 8.41 Å². The summed E-state index contributed by atoms with van der Waals surface area (Å²) in [7, 11) is 0. The maximum Gasteiger partial charge on any atom is 3.00 e. The van der Waals surface area contributed by atoms with Gasteiger partial charge < -0.3 is 19.7 Å². The summed E-state index contributed by atoms with van der Waals surface area (Å²) in [5.74, 6) is 0.274. The summed E-state index contributed by atoms with van der Waals surface area (Å²) in [6.07, 6.45) is 10.1. The van der Waals surface area contributed by atoms with E-state index in [1.807, 2.05) is 0 Å². The summed E-state index contributed by atoms with van der Waals surface area (Å²) in [5.41, 5.74) is 5.21. The number of hydrogen-bond donors (Lipinski definition) is 0. The van der Waals surface area contributed by atoms with Crippen molar-refractivity contribution in [2.75, 3.05) is 33.0 Å². The van der Waals surface area contributed by atoms with Crippen molar-refractivity contribution in [2.45, 2.75) is 190 Å². The molecule has 2 heterocycles. The standard InChI is InChI=1S/C33H53NO2.C5H12.2C4H8O.BH4.Sm/c1-14-15-34(20-22-16-24(30(2,3)4)18-26(28(22)35)32(8,9)10)21-23-17-25(31(5,6)7)19-27(29(23)36)33(11,12)13;1-3-5-4-2;2*1-2-4-5-3-1;;/h16-19,35-36H,14-15,20-21H2,1-13H3;3-5H2,1-2H3;2*1-4H2;1H4;/q;;;;-1;+3/p-2. The van der Waals surface area contributed by atoms with Gasteiger partial charge in [-0.1, -0.05) is 156 Å². The van der Waals surface area contributed by atoms with Crippen LogP contribution in [0.15, 0.2) is 24.3 Å². The Kier molecular flexibility index (Phi) is 26.2. The molecular weight excluding hydrogens is 792 g/mol. The first kappa shape index (κ1) is 54.4. The molecule has 305 valence electrons. The van der Waals surface area contributed by atoms with E-state index in [4.69, 9.17) is 9.47 Å². The summed E-state index contributed by atoms with van der Waals surface area (Å²) < 4.78 is 9.89. The van der Waals surface area contributed by atoms with E-state index in [0.29, 0.717) is 13.1 Å². The summed E-state index contributed by atoms with van der Waals surface area (Å²) in [5, 5.41) is 27.3. The van der Waals surface area contributed by atoms with Gasteiger partial charge in [-0.15, -0.1) is 11.5 Å². The van der Waals surface area contributed by atoms with Gasteiger partial charge >= 0.3 is 40.4 Å². The van der Waals surface area contributed by atoms with Crippen LogP contribution in [0.5, 0.6) is 11.5 Å². The average Bonchev–Trinajstić information content (AvgIpc) is 3.78. The smallest absolute Gasteiger partial charge is 0.872 e. The number of unbranched alkanes of at least 4 members (excludes halogenated alkanes) is 2. The van der Waals surface area contributed by atoms with E-state index in [0.717, 1.165) is 61.6 Å².